The summed E-state index contributed by atoms with van der Waals surface area (Å²) in [6.45, 7) is 4.40. The molecule has 0 bridgehead atoms. The highest BCUT2D eigenvalue weighted by atomic mass is 16.5. The molecule has 0 aliphatic heterocycles. The number of hydrogen-bond acceptors (Lipinski definition) is 4. The van der Waals surface area contributed by atoms with Gasteiger partial charge in [0.05, 0.1) is 12.2 Å². The van der Waals surface area contributed by atoms with E-state index in [4.69, 9.17) is 10.5 Å². The maximum Gasteiger partial charge on any atom is 0.340 e. The predicted octanol–water partition coefficient (Wildman–Crippen LogP) is 3.05. The Morgan fingerprint density at radius 3 is 2.89 bits per heavy atom. The Morgan fingerprint density at radius 1 is 1.47 bits per heavy atom. The standard InChI is InChI=1S/C15H22N2O2/c1-3-19-15(18)12-9-11(7-8-13(12)16)17-14-6-4-5-10(14)2/h7-10,14,17H,3-6,16H2,1-2H3. The molecule has 1 aliphatic rings. The van der Waals surface area contributed by atoms with Crippen molar-refractivity contribution in [3.63, 3.8) is 0 Å². The number of carbonyl (C=O) groups is 1. The van der Waals surface area contributed by atoms with Crippen molar-refractivity contribution in [3.05, 3.63) is 23.8 Å². The van der Waals surface area contributed by atoms with Crippen LogP contribution in [0.4, 0.5) is 11.4 Å². The highest BCUT2D eigenvalue weighted by Gasteiger charge is 2.23. The van der Waals surface area contributed by atoms with E-state index in [2.05, 4.69) is 12.2 Å². The van der Waals surface area contributed by atoms with E-state index in [0.29, 0.717) is 29.8 Å². The van der Waals surface area contributed by atoms with Gasteiger partial charge in [-0.05, 0) is 43.9 Å². The number of nitrogens with two attached hydrogens (primary N) is 1. The molecule has 1 aliphatic carbocycles. The lowest BCUT2D eigenvalue weighted by molar-refractivity contribution is 0.0527. The summed E-state index contributed by atoms with van der Waals surface area (Å²) in [6, 6.07) is 5.95. The normalized spacial score (nSPS) is 22.2. The van der Waals surface area contributed by atoms with Crippen LogP contribution in [0.5, 0.6) is 0 Å². The SMILES string of the molecule is CCOC(=O)c1cc(NC2CCCC2C)ccc1N. The monoisotopic (exact) mass is 262 g/mol. The molecule has 0 aromatic heterocycles. The highest BCUT2D eigenvalue weighted by molar-refractivity contribution is 5.96. The summed E-state index contributed by atoms with van der Waals surface area (Å²) < 4.78 is 5.01. The fourth-order valence-corrected chi connectivity index (χ4v) is 2.61. The molecule has 19 heavy (non-hydrogen) atoms. The molecule has 0 radical (unpaired) electrons. The van der Waals surface area contributed by atoms with Gasteiger partial charge >= 0.3 is 5.97 Å². The van der Waals surface area contributed by atoms with Crippen LogP contribution in [-0.4, -0.2) is 18.6 Å². The second kappa shape index (κ2) is 5.95. The van der Waals surface area contributed by atoms with Gasteiger partial charge in [0.15, 0.2) is 0 Å². The number of nitrogen functional groups attached to an aromatic ring is 1. The van der Waals surface area contributed by atoms with E-state index >= 15 is 0 Å². The Balaban J connectivity index is 2.13. The summed E-state index contributed by atoms with van der Waals surface area (Å²) in [4.78, 5) is 11.8. The molecule has 4 nitrogen and oxygen atoms in total. The van der Waals surface area contributed by atoms with Crippen LogP contribution in [-0.2, 0) is 4.74 Å². The van der Waals surface area contributed by atoms with Crippen molar-refractivity contribution < 1.29 is 9.53 Å². The van der Waals surface area contributed by atoms with E-state index < -0.39 is 0 Å². The van der Waals surface area contributed by atoms with E-state index in [9.17, 15) is 4.79 Å². The van der Waals surface area contributed by atoms with Crippen LogP contribution in [0.1, 0.15) is 43.5 Å². The molecule has 2 unspecified atom stereocenters. The Morgan fingerprint density at radius 2 is 2.26 bits per heavy atom. The quantitative estimate of drug-likeness (QED) is 0.646. The molecule has 104 valence electrons. The average molecular weight is 262 g/mol. The largest absolute Gasteiger partial charge is 0.462 e. The molecule has 2 rings (SSSR count). The van der Waals surface area contributed by atoms with Crippen molar-refractivity contribution in [3.8, 4) is 0 Å². The van der Waals surface area contributed by atoms with Crippen molar-refractivity contribution in [2.45, 2.75) is 39.2 Å². The first-order chi connectivity index (χ1) is 9.11. The van der Waals surface area contributed by atoms with Crippen LogP contribution in [0.3, 0.4) is 0 Å². The Labute approximate surface area is 114 Å². The molecular formula is C15H22N2O2. The Kier molecular flexibility index (Phi) is 4.30. The summed E-state index contributed by atoms with van der Waals surface area (Å²) in [5, 5.41) is 3.49. The molecule has 0 heterocycles. The van der Waals surface area contributed by atoms with Crippen molar-refractivity contribution >= 4 is 17.3 Å². The summed E-state index contributed by atoms with van der Waals surface area (Å²) in [5.41, 5.74) is 7.67. The van der Waals surface area contributed by atoms with E-state index in [0.717, 1.165) is 5.69 Å². The Hall–Kier alpha value is -1.71. The third-order valence-electron chi connectivity index (χ3n) is 3.76. The third kappa shape index (κ3) is 3.19. The number of rotatable bonds is 4. The molecular weight excluding hydrogens is 240 g/mol. The molecule has 1 fully saturated rings. The molecule has 0 saturated heterocycles. The molecule has 3 N–H and O–H groups in total. The average Bonchev–Trinajstić information content (AvgIpc) is 2.78. The maximum absolute atomic E-state index is 11.8. The molecule has 1 saturated carbocycles. The summed E-state index contributed by atoms with van der Waals surface area (Å²) in [5.74, 6) is 0.312. The van der Waals surface area contributed by atoms with Crippen LogP contribution in [0.2, 0.25) is 0 Å². The first kappa shape index (κ1) is 13.7. The molecule has 1 aromatic carbocycles. The number of hydrogen-bond donors (Lipinski definition) is 2. The van der Waals surface area contributed by atoms with E-state index in [1.54, 1.807) is 19.1 Å². The second-order valence-corrected chi connectivity index (χ2v) is 5.18. The lowest BCUT2D eigenvalue weighted by atomic mass is 10.1. The second-order valence-electron chi connectivity index (χ2n) is 5.18. The number of esters is 1. The predicted molar refractivity (Wildman–Crippen MR) is 77.2 cm³/mol. The number of ether oxygens (including phenoxy) is 1. The van der Waals surface area contributed by atoms with E-state index in [1.165, 1.54) is 19.3 Å². The molecule has 1 aromatic rings. The highest BCUT2D eigenvalue weighted by Crippen LogP contribution is 2.29. The van der Waals surface area contributed by atoms with Gasteiger partial charge in [-0.3, -0.25) is 0 Å². The first-order valence-corrected chi connectivity index (χ1v) is 6.95. The molecule has 0 amide bonds. The fraction of sp³-hybridized carbons (Fsp3) is 0.533. The molecule has 4 heteroatoms. The van der Waals surface area contributed by atoms with Crippen molar-refractivity contribution in [2.75, 3.05) is 17.7 Å². The zero-order valence-electron chi connectivity index (χ0n) is 11.6. The minimum atomic E-state index is -0.358. The van der Waals surface area contributed by atoms with E-state index in [1.807, 2.05) is 6.07 Å². The first-order valence-electron chi connectivity index (χ1n) is 6.95. The zero-order chi connectivity index (χ0) is 13.8. The van der Waals surface area contributed by atoms with Gasteiger partial charge in [0, 0.05) is 17.4 Å². The van der Waals surface area contributed by atoms with Crippen molar-refractivity contribution in [2.24, 2.45) is 5.92 Å². The number of benzene rings is 1. The van der Waals surface area contributed by atoms with Crippen LogP contribution in [0.15, 0.2) is 18.2 Å². The summed E-state index contributed by atoms with van der Waals surface area (Å²) >= 11 is 0. The minimum Gasteiger partial charge on any atom is -0.462 e. The minimum absolute atomic E-state index is 0.357. The zero-order valence-corrected chi connectivity index (χ0v) is 11.6. The van der Waals surface area contributed by atoms with Gasteiger partial charge in [-0.2, -0.15) is 0 Å². The lowest BCUT2D eigenvalue weighted by Crippen LogP contribution is -2.22. The van der Waals surface area contributed by atoms with E-state index in [-0.39, 0.29) is 5.97 Å². The van der Waals surface area contributed by atoms with Gasteiger partial charge < -0.3 is 15.8 Å². The smallest absolute Gasteiger partial charge is 0.340 e. The van der Waals surface area contributed by atoms with Gasteiger partial charge in [0.25, 0.3) is 0 Å². The molecule has 2 atom stereocenters. The van der Waals surface area contributed by atoms with Gasteiger partial charge in [-0.15, -0.1) is 0 Å². The van der Waals surface area contributed by atoms with Crippen molar-refractivity contribution in [1.29, 1.82) is 0 Å². The number of carbonyl (C=O) groups excluding carboxylic acids is 1. The van der Waals surface area contributed by atoms with Crippen LogP contribution in [0, 0.1) is 5.92 Å². The van der Waals surface area contributed by atoms with Gasteiger partial charge in [0.1, 0.15) is 0 Å². The van der Waals surface area contributed by atoms with Crippen LogP contribution in [0.25, 0.3) is 0 Å². The van der Waals surface area contributed by atoms with Gasteiger partial charge in [-0.25, -0.2) is 4.79 Å². The number of nitrogens with one attached hydrogen (secondary N) is 1. The van der Waals surface area contributed by atoms with Gasteiger partial charge in [-0.1, -0.05) is 13.3 Å². The van der Waals surface area contributed by atoms with Crippen LogP contribution < -0.4 is 11.1 Å². The van der Waals surface area contributed by atoms with Gasteiger partial charge in [0.2, 0.25) is 0 Å². The number of anilines is 2. The summed E-state index contributed by atoms with van der Waals surface area (Å²) in [7, 11) is 0. The van der Waals surface area contributed by atoms with Crippen molar-refractivity contribution in [1.82, 2.24) is 0 Å². The Bertz CT molecular complexity index is 459. The third-order valence-corrected chi connectivity index (χ3v) is 3.76. The topological polar surface area (TPSA) is 64.3 Å². The maximum atomic E-state index is 11.8. The van der Waals surface area contributed by atoms with Crippen LogP contribution >= 0.6 is 0 Å². The lowest BCUT2D eigenvalue weighted by Gasteiger charge is -2.19. The summed E-state index contributed by atoms with van der Waals surface area (Å²) in [6.07, 6.45) is 3.70. The fourth-order valence-electron chi connectivity index (χ4n) is 2.61. The molecule has 0 spiro atoms.